The molecule has 0 amide bonds. The Kier molecular flexibility index (Phi) is 2.26. The first kappa shape index (κ1) is 11.1. The summed E-state index contributed by atoms with van der Waals surface area (Å²) in [5.74, 6) is 0. The molecule has 2 aromatic carbocycles. The molecule has 0 spiro atoms. The van der Waals surface area contributed by atoms with Crippen LogP contribution in [0.5, 0.6) is 0 Å². The highest BCUT2D eigenvalue weighted by Crippen LogP contribution is 2.30. The molecule has 0 aliphatic carbocycles. The fraction of sp³-hybridized carbons (Fsp3) is 0.200. The second-order valence-electron chi connectivity index (χ2n) is 5.36. The third-order valence-corrected chi connectivity index (χ3v) is 7.57. The number of rotatable bonds is 0. The van der Waals surface area contributed by atoms with Crippen LogP contribution in [0.25, 0.3) is 11.1 Å². The fourth-order valence-corrected chi connectivity index (χ4v) is 6.18. The number of benzene rings is 2. The largest absolute Gasteiger partial charge is 0.113 e. The van der Waals surface area contributed by atoms with Crippen LogP contribution in [0.2, 0.25) is 18.1 Å². The molecule has 0 aromatic heterocycles. The van der Waals surface area contributed by atoms with Crippen LogP contribution in [-0.4, -0.2) is 8.07 Å². The van der Waals surface area contributed by atoms with Gasteiger partial charge in [0.15, 0.2) is 0 Å². The van der Waals surface area contributed by atoms with Crippen LogP contribution in [-0.2, 0) is 0 Å². The van der Waals surface area contributed by atoms with E-state index in [0.29, 0.717) is 0 Å². The van der Waals surface area contributed by atoms with E-state index in [0.717, 1.165) is 5.02 Å². The van der Waals surface area contributed by atoms with E-state index in [1.165, 1.54) is 21.9 Å². The van der Waals surface area contributed by atoms with E-state index < -0.39 is 8.07 Å². The van der Waals surface area contributed by atoms with Gasteiger partial charge < -0.3 is 0 Å². The Morgan fingerprint density at radius 1 is 0.882 bits per heavy atom. The van der Waals surface area contributed by atoms with E-state index in [4.69, 9.17) is 11.6 Å². The van der Waals surface area contributed by atoms with E-state index in [9.17, 15) is 0 Å². The van der Waals surface area contributed by atoms with Gasteiger partial charge in [-0.05, 0) is 40.6 Å². The standard InChI is InChI=1S/C15H15ClSi/c1-10-4-7-14-13(8-10)12-6-5-11(16)9-15(12)17(14,2)3/h4-9H,1-3H3. The number of fused-ring (bicyclic) bond motifs is 3. The molecular weight excluding hydrogens is 244 g/mol. The second-order valence-corrected chi connectivity index (χ2v) is 10.1. The molecule has 17 heavy (non-hydrogen) atoms. The molecular formula is C15H15ClSi. The van der Waals surface area contributed by atoms with Crippen molar-refractivity contribution in [2.24, 2.45) is 0 Å². The van der Waals surface area contributed by atoms with Gasteiger partial charge in [-0.25, -0.2) is 0 Å². The first-order valence-corrected chi connectivity index (χ1v) is 9.29. The highest BCUT2D eigenvalue weighted by Gasteiger charge is 2.37. The Labute approximate surface area is 108 Å². The molecule has 2 heteroatoms. The zero-order chi connectivity index (χ0) is 12.2. The molecule has 0 atom stereocenters. The van der Waals surface area contributed by atoms with E-state index in [-0.39, 0.29) is 0 Å². The molecule has 1 aliphatic heterocycles. The molecule has 1 aliphatic rings. The van der Waals surface area contributed by atoms with Gasteiger partial charge in [-0.3, -0.25) is 0 Å². The second kappa shape index (κ2) is 3.47. The molecule has 0 radical (unpaired) electrons. The van der Waals surface area contributed by atoms with Crippen LogP contribution in [0.3, 0.4) is 0 Å². The fourth-order valence-electron chi connectivity index (χ4n) is 2.84. The van der Waals surface area contributed by atoms with Gasteiger partial charge >= 0.3 is 0 Å². The maximum absolute atomic E-state index is 6.15. The highest BCUT2D eigenvalue weighted by molar-refractivity contribution is 7.03. The van der Waals surface area contributed by atoms with Crippen molar-refractivity contribution in [3.05, 3.63) is 47.0 Å². The first-order valence-electron chi connectivity index (χ1n) is 5.92. The van der Waals surface area contributed by atoms with Crippen molar-refractivity contribution >= 4 is 30.0 Å². The summed E-state index contributed by atoms with van der Waals surface area (Å²) in [5, 5.41) is 3.87. The third-order valence-electron chi connectivity index (χ3n) is 3.79. The van der Waals surface area contributed by atoms with Gasteiger partial charge in [0.25, 0.3) is 0 Å². The first-order chi connectivity index (χ1) is 8.00. The van der Waals surface area contributed by atoms with E-state index >= 15 is 0 Å². The number of aryl methyl sites for hydroxylation is 1. The summed E-state index contributed by atoms with van der Waals surface area (Å²) >= 11 is 6.15. The minimum atomic E-state index is -1.52. The summed E-state index contributed by atoms with van der Waals surface area (Å²) in [6, 6.07) is 13.2. The molecule has 1 heterocycles. The van der Waals surface area contributed by atoms with Crippen LogP contribution < -0.4 is 10.4 Å². The average Bonchev–Trinajstić information content (AvgIpc) is 2.48. The number of hydrogen-bond acceptors (Lipinski definition) is 0. The summed E-state index contributed by atoms with van der Waals surface area (Å²) in [5.41, 5.74) is 4.15. The van der Waals surface area contributed by atoms with Crippen LogP contribution in [0.1, 0.15) is 5.56 Å². The van der Waals surface area contributed by atoms with Crippen molar-refractivity contribution in [2.45, 2.75) is 20.0 Å². The molecule has 0 nitrogen and oxygen atoms in total. The van der Waals surface area contributed by atoms with Crippen LogP contribution in [0.15, 0.2) is 36.4 Å². The predicted octanol–water partition coefficient (Wildman–Crippen LogP) is 3.45. The Balaban J connectivity index is 2.38. The van der Waals surface area contributed by atoms with E-state index in [2.05, 4.69) is 50.3 Å². The normalized spacial score (nSPS) is 15.5. The van der Waals surface area contributed by atoms with Gasteiger partial charge in [0.2, 0.25) is 0 Å². The Bertz CT molecular complexity index is 614. The average molecular weight is 259 g/mol. The summed E-state index contributed by atoms with van der Waals surface area (Å²) in [6.07, 6.45) is 0. The van der Waals surface area contributed by atoms with Crippen molar-refractivity contribution in [3.63, 3.8) is 0 Å². The van der Waals surface area contributed by atoms with Crippen molar-refractivity contribution in [1.29, 1.82) is 0 Å². The quantitative estimate of drug-likeness (QED) is 0.635. The lowest BCUT2D eigenvalue weighted by Crippen LogP contribution is -2.49. The summed E-state index contributed by atoms with van der Waals surface area (Å²) in [7, 11) is -1.52. The Morgan fingerprint density at radius 2 is 1.65 bits per heavy atom. The van der Waals surface area contributed by atoms with Crippen molar-refractivity contribution in [2.75, 3.05) is 0 Å². The van der Waals surface area contributed by atoms with Gasteiger partial charge in [-0.1, -0.05) is 54.5 Å². The molecule has 0 bridgehead atoms. The monoisotopic (exact) mass is 258 g/mol. The molecule has 0 saturated carbocycles. The van der Waals surface area contributed by atoms with Gasteiger partial charge in [0.05, 0.1) is 0 Å². The highest BCUT2D eigenvalue weighted by atomic mass is 35.5. The Morgan fingerprint density at radius 3 is 2.41 bits per heavy atom. The number of halogens is 1. The topological polar surface area (TPSA) is 0 Å². The molecule has 0 fully saturated rings. The van der Waals surface area contributed by atoms with Gasteiger partial charge in [0, 0.05) is 5.02 Å². The van der Waals surface area contributed by atoms with Crippen molar-refractivity contribution in [1.82, 2.24) is 0 Å². The molecule has 0 saturated heterocycles. The molecule has 0 unspecified atom stereocenters. The molecule has 3 rings (SSSR count). The van der Waals surface area contributed by atoms with Gasteiger partial charge in [-0.2, -0.15) is 0 Å². The predicted molar refractivity (Wildman–Crippen MR) is 78.4 cm³/mol. The van der Waals surface area contributed by atoms with Gasteiger partial charge in [-0.15, -0.1) is 0 Å². The summed E-state index contributed by atoms with van der Waals surface area (Å²) in [4.78, 5) is 0. The molecule has 86 valence electrons. The lowest BCUT2D eigenvalue weighted by molar-refractivity contribution is 1.49. The molecule has 0 N–H and O–H groups in total. The lowest BCUT2D eigenvalue weighted by Gasteiger charge is -2.18. The lowest BCUT2D eigenvalue weighted by atomic mass is 10.0. The summed E-state index contributed by atoms with van der Waals surface area (Å²) < 4.78 is 0. The smallest absolute Gasteiger partial charge is 0.0843 e. The van der Waals surface area contributed by atoms with Crippen molar-refractivity contribution < 1.29 is 0 Å². The van der Waals surface area contributed by atoms with Crippen LogP contribution in [0, 0.1) is 6.92 Å². The maximum atomic E-state index is 6.15. The maximum Gasteiger partial charge on any atom is 0.113 e. The molecule has 2 aromatic rings. The third kappa shape index (κ3) is 1.49. The number of hydrogen-bond donors (Lipinski definition) is 0. The zero-order valence-electron chi connectivity index (χ0n) is 10.3. The SMILES string of the molecule is Cc1ccc2c(c1)-c1ccc(Cl)cc1[Si]2(C)C. The van der Waals surface area contributed by atoms with Crippen molar-refractivity contribution in [3.8, 4) is 11.1 Å². The summed E-state index contributed by atoms with van der Waals surface area (Å²) in [6.45, 7) is 6.97. The van der Waals surface area contributed by atoms with Crippen LogP contribution in [0.4, 0.5) is 0 Å². The Hall–Kier alpha value is -1.05. The zero-order valence-corrected chi connectivity index (χ0v) is 12.1. The van der Waals surface area contributed by atoms with Gasteiger partial charge in [0.1, 0.15) is 8.07 Å². The minimum absolute atomic E-state index is 0.855. The minimum Gasteiger partial charge on any atom is -0.0843 e. The van der Waals surface area contributed by atoms with E-state index in [1.807, 2.05) is 6.07 Å². The van der Waals surface area contributed by atoms with Crippen LogP contribution >= 0.6 is 11.6 Å². The van der Waals surface area contributed by atoms with E-state index in [1.54, 1.807) is 5.19 Å².